The third-order valence-corrected chi connectivity index (χ3v) is 2.25. The van der Waals surface area contributed by atoms with Crippen molar-refractivity contribution in [1.82, 2.24) is 9.97 Å². The second-order valence-electron chi connectivity index (χ2n) is 3.61. The Morgan fingerprint density at radius 2 is 2.00 bits per heavy atom. The zero-order valence-electron chi connectivity index (χ0n) is 9.81. The summed E-state index contributed by atoms with van der Waals surface area (Å²) in [6.45, 7) is 2.39. The molecule has 102 valence electrons. The lowest BCUT2D eigenvalue weighted by molar-refractivity contribution is -0.131. The predicted molar refractivity (Wildman–Crippen MR) is 65.0 cm³/mol. The van der Waals surface area contributed by atoms with Crippen molar-refractivity contribution >= 4 is 23.4 Å². The second-order valence-corrected chi connectivity index (χ2v) is 4.02. The molecule has 0 aromatic carbocycles. The molecule has 1 rings (SSSR count). The van der Waals surface area contributed by atoms with Crippen molar-refractivity contribution in [3.05, 3.63) is 11.2 Å². The summed E-state index contributed by atoms with van der Waals surface area (Å²) in [6, 6.07) is 0. The highest BCUT2D eigenvalue weighted by atomic mass is 35.5. The van der Waals surface area contributed by atoms with Crippen molar-refractivity contribution in [2.24, 2.45) is 0 Å². The van der Waals surface area contributed by atoms with E-state index in [1.54, 1.807) is 0 Å². The van der Waals surface area contributed by atoms with Crippen molar-refractivity contribution in [1.29, 1.82) is 0 Å². The minimum absolute atomic E-state index is 0.194. The number of anilines is 2. The summed E-state index contributed by atoms with van der Waals surface area (Å²) in [5, 5.41) is 5.66. The topological polar surface area (TPSA) is 49.8 Å². The van der Waals surface area contributed by atoms with E-state index in [0.717, 1.165) is 6.42 Å². The van der Waals surface area contributed by atoms with Crippen molar-refractivity contribution in [2.75, 3.05) is 23.7 Å². The van der Waals surface area contributed by atoms with Crippen LogP contribution in [0.25, 0.3) is 0 Å². The normalized spacial score (nSPS) is 11.4. The van der Waals surface area contributed by atoms with Crippen molar-refractivity contribution in [3.8, 4) is 0 Å². The van der Waals surface area contributed by atoms with Crippen LogP contribution in [0.5, 0.6) is 0 Å². The molecule has 0 fully saturated rings. The largest absolute Gasteiger partial charge is 0.390 e. The Morgan fingerprint density at radius 3 is 2.61 bits per heavy atom. The van der Waals surface area contributed by atoms with Crippen LogP contribution in [-0.2, 0) is 0 Å². The van der Waals surface area contributed by atoms with Gasteiger partial charge in [-0.05, 0) is 6.42 Å². The van der Waals surface area contributed by atoms with Crippen LogP contribution >= 0.6 is 11.6 Å². The zero-order valence-corrected chi connectivity index (χ0v) is 10.6. The van der Waals surface area contributed by atoms with Crippen LogP contribution in [0, 0.1) is 0 Å². The molecule has 0 atom stereocenters. The Morgan fingerprint density at radius 1 is 1.28 bits per heavy atom. The van der Waals surface area contributed by atoms with Gasteiger partial charge in [-0.25, -0.2) is 4.98 Å². The van der Waals surface area contributed by atoms with Crippen molar-refractivity contribution in [2.45, 2.75) is 25.9 Å². The quantitative estimate of drug-likeness (QED) is 0.840. The van der Waals surface area contributed by atoms with Crippen LogP contribution < -0.4 is 10.6 Å². The van der Waals surface area contributed by atoms with Gasteiger partial charge in [-0.15, -0.1) is 0 Å². The third kappa shape index (κ3) is 5.39. The number of nitrogens with zero attached hydrogens (tertiary/aromatic N) is 2. The van der Waals surface area contributed by atoms with E-state index in [1.807, 2.05) is 6.92 Å². The molecule has 0 spiro atoms. The van der Waals surface area contributed by atoms with E-state index in [4.69, 9.17) is 11.6 Å². The van der Waals surface area contributed by atoms with Crippen LogP contribution in [0.15, 0.2) is 6.20 Å². The molecule has 0 bridgehead atoms. The molecule has 0 radical (unpaired) electrons. The molecule has 1 aromatic heterocycles. The molecule has 18 heavy (non-hydrogen) atoms. The lowest BCUT2D eigenvalue weighted by Crippen LogP contribution is -2.16. The molecule has 4 nitrogen and oxygen atoms in total. The van der Waals surface area contributed by atoms with E-state index in [2.05, 4.69) is 20.6 Å². The zero-order chi connectivity index (χ0) is 13.6. The fraction of sp³-hybridized carbons (Fsp3) is 0.600. The summed E-state index contributed by atoms with van der Waals surface area (Å²) in [5.41, 5.74) is 0. The SMILES string of the molecule is CCCNc1ncc(Cl)c(NCCC(F)(F)F)n1. The Balaban J connectivity index is 2.58. The van der Waals surface area contributed by atoms with Gasteiger partial charge < -0.3 is 10.6 Å². The van der Waals surface area contributed by atoms with E-state index in [-0.39, 0.29) is 17.4 Å². The standard InChI is InChI=1S/C10H14ClF3N4/c1-2-4-16-9-17-6-7(11)8(18-9)15-5-3-10(12,13)14/h6H,2-5H2,1H3,(H2,15,16,17,18). The van der Waals surface area contributed by atoms with Gasteiger partial charge in [0.05, 0.1) is 12.6 Å². The first-order valence-electron chi connectivity index (χ1n) is 5.49. The summed E-state index contributed by atoms with van der Waals surface area (Å²) < 4.78 is 36.0. The van der Waals surface area contributed by atoms with Gasteiger partial charge in [0, 0.05) is 13.1 Å². The highest BCUT2D eigenvalue weighted by Gasteiger charge is 2.26. The minimum atomic E-state index is -4.20. The smallest absolute Gasteiger partial charge is 0.368 e. The second kappa shape index (κ2) is 6.63. The molecule has 0 aliphatic rings. The number of nitrogens with one attached hydrogen (secondary N) is 2. The molecule has 0 aliphatic heterocycles. The first-order valence-corrected chi connectivity index (χ1v) is 5.87. The summed E-state index contributed by atoms with van der Waals surface area (Å²) >= 11 is 5.78. The number of rotatable bonds is 6. The molecule has 2 N–H and O–H groups in total. The molecule has 0 saturated carbocycles. The fourth-order valence-electron chi connectivity index (χ4n) is 1.14. The molecule has 8 heteroatoms. The Kier molecular flexibility index (Phi) is 5.46. The van der Waals surface area contributed by atoms with Crippen LogP contribution in [0.2, 0.25) is 5.02 Å². The molecule has 1 heterocycles. The highest BCUT2D eigenvalue weighted by molar-refractivity contribution is 6.32. The lowest BCUT2D eigenvalue weighted by atomic mass is 10.4. The van der Waals surface area contributed by atoms with Gasteiger partial charge >= 0.3 is 6.18 Å². The fourth-order valence-corrected chi connectivity index (χ4v) is 1.29. The molecular formula is C10H14ClF3N4. The number of halogens is 4. The van der Waals surface area contributed by atoms with Gasteiger partial charge in [0.1, 0.15) is 10.8 Å². The Hall–Kier alpha value is -1.24. The highest BCUT2D eigenvalue weighted by Crippen LogP contribution is 2.22. The van der Waals surface area contributed by atoms with E-state index in [1.165, 1.54) is 6.20 Å². The molecule has 0 aliphatic carbocycles. The maximum absolute atomic E-state index is 12.0. The number of aromatic nitrogens is 2. The van der Waals surface area contributed by atoms with Gasteiger partial charge in [0.2, 0.25) is 5.95 Å². The average Bonchev–Trinajstić information content (AvgIpc) is 2.28. The van der Waals surface area contributed by atoms with Crippen LogP contribution in [-0.4, -0.2) is 29.2 Å². The summed E-state index contributed by atoms with van der Waals surface area (Å²) in [7, 11) is 0. The Labute approximate surface area is 108 Å². The summed E-state index contributed by atoms with van der Waals surface area (Å²) in [6.07, 6.45) is -2.90. The summed E-state index contributed by atoms with van der Waals surface area (Å²) in [5.74, 6) is 0.547. The minimum Gasteiger partial charge on any atom is -0.368 e. The monoisotopic (exact) mass is 282 g/mol. The van der Waals surface area contributed by atoms with Gasteiger partial charge in [-0.2, -0.15) is 18.2 Å². The Bertz CT molecular complexity index is 384. The number of hydrogen-bond acceptors (Lipinski definition) is 4. The van der Waals surface area contributed by atoms with Crippen LogP contribution in [0.4, 0.5) is 24.9 Å². The molecule has 0 unspecified atom stereocenters. The van der Waals surface area contributed by atoms with Gasteiger partial charge in [-0.1, -0.05) is 18.5 Å². The molecule has 1 aromatic rings. The lowest BCUT2D eigenvalue weighted by Gasteiger charge is -2.10. The van der Waals surface area contributed by atoms with Gasteiger partial charge in [0.25, 0.3) is 0 Å². The van der Waals surface area contributed by atoms with E-state index < -0.39 is 12.6 Å². The van der Waals surface area contributed by atoms with Crippen molar-refractivity contribution < 1.29 is 13.2 Å². The van der Waals surface area contributed by atoms with E-state index in [0.29, 0.717) is 12.5 Å². The number of alkyl halides is 3. The van der Waals surface area contributed by atoms with Gasteiger partial charge in [-0.3, -0.25) is 0 Å². The average molecular weight is 283 g/mol. The van der Waals surface area contributed by atoms with Crippen LogP contribution in [0.1, 0.15) is 19.8 Å². The predicted octanol–water partition coefficient (Wildman–Crippen LogP) is 3.32. The molecule has 0 saturated heterocycles. The van der Waals surface area contributed by atoms with Crippen LogP contribution in [0.3, 0.4) is 0 Å². The summed E-state index contributed by atoms with van der Waals surface area (Å²) in [4.78, 5) is 7.91. The third-order valence-electron chi connectivity index (χ3n) is 1.98. The van der Waals surface area contributed by atoms with Crippen molar-refractivity contribution in [3.63, 3.8) is 0 Å². The van der Waals surface area contributed by atoms with E-state index >= 15 is 0 Å². The first kappa shape index (κ1) is 14.8. The maximum atomic E-state index is 12.0. The number of hydrogen-bond donors (Lipinski definition) is 2. The molecular weight excluding hydrogens is 269 g/mol. The first-order chi connectivity index (χ1) is 8.42. The maximum Gasteiger partial charge on any atom is 0.390 e. The van der Waals surface area contributed by atoms with Gasteiger partial charge in [0.15, 0.2) is 0 Å². The van der Waals surface area contributed by atoms with E-state index in [9.17, 15) is 13.2 Å². The molecule has 0 amide bonds.